The van der Waals surface area contributed by atoms with E-state index < -0.39 is 0 Å². The minimum absolute atomic E-state index is 0.311. The van der Waals surface area contributed by atoms with Crippen LogP contribution in [0.15, 0.2) is 48.5 Å². The van der Waals surface area contributed by atoms with Crippen LogP contribution in [0, 0.1) is 36.8 Å². The summed E-state index contributed by atoms with van der Waals surface area (Å²) >= 11 is 0. The Hall–Kier alpha value is -3.72. The minimum Gasteiger partial charge on any atom is -0.337 e. The SMILES string of the molecule is Cc1cc(/C=C(/C#N)c2nc3ccc(F)cc3[nH]2)c(C)n1-c1cccc(F)c1. The van der Waals surface area contributed by atoms with Gasteiger partial charge in [-0.25, -0.2) is 13.8 Å². The van der Waals surface area contributed by atoms with Gasteiger partial charge in [-0.15, -0.1) is 0 Å². The molecule has 4 rings (SSSR count). The van der Waals surface area contributed by atoms with E-state index in [9.17, 15) is 14.0 Å². The quantitative estimate of drug-likeness (QED) is 0.494. The zero-order valence-electron chi connectivity index (χ0n) is 15.3. The molecule has 2 heterocycles. The van der Waals surface area contributed by atoms with Crippen LogP contribution >= 0.6 is 0 Å². The van der Waals surface area contributed by atoms with Crippen LogP contribution in [0.3, 0.4) is 0 Å². The van der Waals surface area contributed by atoms with Gasteiger partial charge in [-0.3, -0.25) is 0 Å². The fraction of sp³-hybridized carbons (Fsp3) is 0.0909. The van der Waals surface area contributed by atoms with Crippen LogP contribution in [0.4, 0.5) is 8.78 Å². The zero-order valence-corrected chi connectivity index (χ0v) is 15.3. The van der Waals surface area contributed by atoms with Crippen molar-refractivity contribution >= 4 is 22.7 Å². The number of imidazole rings is 1. The van der Waals surface area contributed by atoms with Gasteiger partial charge in [0.2, 0.25) is 0 Å². The van der Waals surface area contributed by atoms with Crippen molar-refractivity contribution in [3.8, 4) is 11.8 Å². The largest absolute Gasteiger partial charge is 0.337 e. The van der Waals surface area contributed by atoms with E-state index in [0.29, 0.717) is 28.1 Å². The van der Waals surface area contributed by atoms with Crippen molar-refractivity contribution in [3.63, 3.8) is 0 Å². The molecule has 0 saturated heterocycles. The molecule has 2 aromatic heterocycles. The molecule has 2 aromatic carbocycles. The Balaban J connectivity index is 1.80. The normalized spacial score (nSPS) is 11.8. The second-order valence-electron chi connectivity index (χ2n) is 6.56. The first kappa shape index (κ1) is 17.7. The third-order valence-corrected chi connectivity index (χ3v) is 4.66. The summed E-state index contributed by atoms with van der Waals surface area (Å²) in [6.45, 7) is 3.83. The first-order valence-electron chi connectivity index (χ1n) is 8.68. The van der Waals surface area contributed by atoms with Crippen molar-refractivity contribution in [1.82, 2.24) is 14.5 Å². The number of nitrogens with zero attached hydrogens (tertiary/aromatic N) is 3. The summed E-state index contributed by atoms with van der Waals surface area (Å²) in [6.07, 6.45) is 1.73. The Morgan fingerprint density at radius 3 is 2.64 bits per heavy atom. The second-order valence-corrected chi connectivity index (χ2v) is 6.56. The van der Waals surface area contributed by atoms with Crippen LogP contribution in [0.25, 0.3) is 28.4 Å². The molecule has 4 nitrogen and oxygen atoms in total. The highest BCUT2D eigenvalue weighted by atomic mass is 19.1. The molecule has 0 aliphatic rings. The van der Waals surface area contributed by atoms with Crippen LogP contribution in [-0.2, 0) is 0 Å². The number of H-pyrrole nitrogens is 1. The van der Waals surface area contributed by atoms with Crippen LogP contribution in [0.5, 0.6) is 0 Å². The van der Waals surface area contributed by atoms with E-state index >= 15 is 0 Å². The summed E-state index contributed by atoms with van der Waals surface area (Å²) in [4.78, 5) is 7.37. The average molecular weight is 374 g/mol. The number of halogens is 2. The highest BCUT2D eigenvalue weighted by Crippen LogP contribution is 2.26. The Morgan fingerprint density at radius 1 is 1.11 bits per heavy atom. The lowest BCUT2D eigenvalue weighted by atomic mass is 10.1. The molecular formula is C22H16F2N4. The highest BCUT2D eigenvalue weighted by Gasteiger charge is 2.13. The van der Waals surface area contributed by atoms with Gasteiger partial charge in [-0.1, -0.05) is 6.07 Å². The van der Waals surface area contributed by atoms with Gasteiger partial charge in [0.05, 0.1) is 16.6 Å². The molecule has 0 spiro atoms. The van der Waals surface area contributed by atoms with Crippen LogP contribution in [0.2, 0.25) is 0 Å². The lowest BCUT2D eigenvalue weighted by Gasteiger charge is -2.09. The molecule has 0 fully saturated rings. The third kappa shape index (κ3) is 3.08. The van der Waals surface area contributed by atoms with Crippen molar-refractivity contribution in [3.05, 3.63) is 82.9 Å². The highest BCUT2D eigenvalue weighted by molar-refractivity contribution is 5.90. The topological polar surface area (TPSA) is 57.4 Å². The molecule has 0 unspecified atom stereocenters. The fourth-order valence-electron chi connectivity index (χ4n) is 3.36. The van der Waals surface area contributed by atoms with Gasteiger partial charge in [0.25, 0.3) is 0 Å². The lowest BCUT2D eigenvalue weighted by Crippen LogP contribution is -1.99. The minimum atomic E-state index is -0.371. The van der Waals surface area contributed by atoms with Crippen molar-refractivity contribution in [2.75, 3.05) is 0 Å². The maximum absolute atomic E-state index is 13.6. The second kappa shape index (κ2) is 6.78. The number of rotatable bonds is 3. The molecule has 1 N–H and O–H groups in total. The van der Waals surface area contributed by atoms with Gasteiger partial charge in [-0.2, -0.15) is 5.26 Å². The average Bonchev–Trinajstić information content (AvgIpc) is 3.19. The van der Waals surface area contributed by atoms with Crippen molar-refractivity contribution in [2.45, 2.75) is 13.8 Å². The number of hydrogen-bond donors (Lipinski definition) is 1. The lowest BCUT2D eigenvalue weighted by molar-refractivity contribution is 0.626. The summed E-state index contributed by atoms with van der Waals surface area (Å²) in [7, 11) is 0. The molecule has 0 amide bonds. The molecule has 0 saturated carbocycles. The number of benzene rings is 2. The van der Waals surface area contributed by atoms with Gasteiger partial charge in [-0.05, 0) is 68.0 Å². The summed E-state index contributed by atoms with van der Waals surface area (Å²) in [5.41, 5.74) is 4.77. The number of aryl methyl sites for hydroxylation is 1. The van der Waals surface area contributed by atoms with E-state index in [-0.39, 0.29) is 11.6 Å². The maximum Gasteiger partial charge on any atom is 0.149 e. The molecule has 0 radical (unpaired) electrons. The summed E-state index contributed by atoms with van der Waals surface area (Å²) in [5.74, 6) is -0.309. The van der Waals surface area contributed by atoms with Crippen LogP contribution in [-0.4, -0.2) is 14.5 Å². The molecule has 28 heavy (non-hydrogen) atoms. The predicted molar refractivity (Wildman–Crippen MR) is 105 cm³/mol. The smallest absolute Gasteiger partial charge is 0.149 e. The molecule has 6 heteroatoms. The van der Waals surface area contributed by atoms with Gasteiger partial charge in [0, 0.05) is 17.1 Å². The Kier molecular flexibility index (Phi) is 4.28. The van der Waals surface area contributed by atoms with E-state index in [4.69, 9.17) is 0 Å². The standard InChI is InChI=1S/C22H16F2N4/c1-13-8-15(14(2)28(13)19-5-3-4-17(23)10-19)9-16(12-25)22-26-20-7-6-18(24)11-21(20)27-22/h3-11H,1-2H3,(H,26,27)/b16-9-. The molecule has 0 atom stereocenters. The maximum atomic E-state index is 13.6. The number of nitriles is 1. The Morgan fingerprint density at radius 2 is 1.89 bits per heavy atom. The molecule has 0 aliphatic carbocycles. The zero-order chi connectivity index (χ0) is 19.8. The number of nitrogens with one attached hydrogen (secondary N) is 1. The van der Waals surface area contributed by atoms with E-state index in [1.807, 2.05) is 30.5 Å². The van der Waals surface area contributed by atoms with Gasteiger partial charge < -0.3 is 9.55 Å². The molecule has 138 valence electrons. The van der Waals surface area contributed by atoms with Crippen molar-refractivity contribution in [2.24, 2.45) is 0 Å². The summed E-state index contributed by atoms with van der Waals surface area (Å²) in [5, 5.41) is 9.63. The number of fused-ring (bicyclic) bond motifs is 1. The molecule has 4 aromatic rings. The van der Waals surface area contributed by atoms with Crippen LogP contribution < -0.4 is 0 Å². The van der Waals surface area contributed by atoms with Crippen molar-refractivity contribution < 1.29 is 8.78 Å². The summed E-state index contributed by atoms with van der Waals surface area (Å²) < 4.78 is 29.0. The summed E-state index contributed by atoms with van der Waals surface area (Å²) in [6, 6.07) is 14.7. The Labute approximate surface area is 160 Å². The Bertz CT molecular complexity index is 1270. The van der Waals surface area contributed by atoms with E-state index in [2.05, 4.69) is 16.0 Å². The monoisotopic (exact) mass is 374 g/mol. The first-order chi connectivity index (χ1) is 13.5. The number of aromatic amines is 1. The number of aromatic nitrogens is 3. The molecular weight excluding hydrogens is 358 g/mol. The third-order valence-electron chi connectivity index (χ3n) is 4.66. The van der Waals surface area contributed by atoms with Gasteiger partial charge in [0.1, 0.15) is 23.5 Å². The number of allylic oxidation sites excluding steroid dienone is 1. The van der Waals surface area contributed by atoms with Gasteiger partial charge in [0.15, 0.2) is 0 Å². The predicted octanol–water partition coefficient (Wildman–Crippen LogP) is 5.31. The van der Waals surface area contributed by atoms with E-state index in [1.54, 1.807) is 18.2 Å². The van der Waals surface area contributed by atoms with Crippen molar-refractivity contribution in [1.29, 1.82) is 5.26 Å². The van der Waals surface area contributed by atoms with E-state index in [0.717, 1.165) is 17.0 Å². The van der Waals surface area contributed by atoms with Gasteiger partial charge >= 0.3 is 0 Å². The van der Waals surface area contributed by atoms with E-state index in [1.165, 1.54) is 24.3 Å². The van der Waals surface area contributed by atoms with Crippen LogP contribution in [0.1, 0.15) is 22.8 Å². The first-order valence-corrected chi connectivity index (χ1v) is 8.68. The fourth-order valence-corrected chi connectivity index (χ4v) is 3.36. The molecule has 0 aliphatic heterocycles. The number of hydrogen-bond acceptors (Lipinski definition) is 2. The molecule has 0 bridgehead atoms.